The molecule has 0 aliphatic heterocycles. The van der Waals surface area contributed by atoms with Crippen LogP contribution in [0.3, 0.4) is 0 Å². The van der Waals surface area contributed by atoms with Crippen LogP contribution < -0.4 is 5.56 Å². The molecule has 7 heteroatoms. The van der Waals surface area contributed by atoms with Gasteiger partial charge < -0.3 is 4.98 Å². The van der Waals surface area contributed by atoms with Crippen molar-refractivity contribution in [3.63, 3.8) is 0 Å². The molecule has 2 rings (SSSR count). The molecule has 0 spiro atoms. The fourth-order valence-corrected chi connectivity index (χ4v) is 1.15. The van der Waals surface area contributed by atoms with Crippen molar-refractivity contribution in [2.24, 2.45) is 0 Å². The molecule has 0 aliphatic carbocycles. The van der Waals surface area contributed by atoms with Gasteiger partial charge in [-0.25, -0.2) is 9.97 Å². The monoisotopic (exact) mass is 211 g/mol. The summed E-state index contributed by atoms with van der Waals surface area (Å²) >= 11 is 5.51. The molecule has 0 radical (unpaired) electrons. The lowest BCUT2D eigenvalue weighted by Gasteiger charge is -1.96. The zero-order valence-corrected chi connectivity index (χ0v) is 7.75. The number of hydrogen-bond acceptors (Lipinski definition) is 4. The molecule has 0 saturated carbocycles. The van der Waals surface area contributed by atoms with Crippen molar-refractivity contribution >= 4 is 11.6 Å². The van der Waals surface area contributed by atoms with Crippen LogP contribution in [-0.4, -0.2) is 25.1 Å². The maximum Gasteiger partial charge on any atom is 0.255 e. The molecule has 0 amide bonds. The Kier molecular flexibility index (Phi) is 2.28. The van der Waals surface area contributed by atoms with E-state index in [2.05, 4.69) is 25.1 Å². The van der Waals surface area contributed by atoms with Crippen LogP contribution in [0.15, 0.2) is 17.3 Å². The highest BCUT2D eigenvalue weighted by Gasteiger charge is 2.05. The minimum atomic E-state index is -0.263. The van der Waals surface area contributed by atoms with Crippen molar-refractivity contribution < 1.29 is 0 Å². The zero-order chi connectivity index (χ0) is 9.97. The van der Waals surface area contributed by atoms with Gasteiger partial charge in [0, 0.05) is 6.20 Å². The van der Waals surface area contributed by atoms with Crippen LogP contribution in [0.4, 0.5) is 0 Å². The van der Waals surface area contributed by atoms with E-state index in [1.165, 1.54) is 12.5 Å². The molecule has 2 heterocycles. The Morgan fingerprint density at radius 3 is 2.79 bits per heavy atom. The van der Waals surface area contributed by atoms with Crippen LogP contribution >= 0.6 is 11.6 Å². The predicted molar refractivity (Wildman–Crippen MR) is 49.8 cm³/mol. The minimum Gasteiger partial charge on any atom is -0.304 e. The second-order valence-corrected chi connectivity index (χ2v) is 2.82. The number of nitrogens with one attached hydrogen (secondary N) is 2. The van der Waals surface area contributed by atoms with E-state index < -0.39 is 0 Å². The van der Waals surface area contributed by atoms with E-state index >= 15 is 0 Å². The number of rotatable bonds is 2. The van der Waals surface area contributed by atoms with Gasteiger partial charge >= 0.3 is 0 Å². The molecule has 0 aliphatic rings. The average Bonchev–Trinajstić information content (AvgIpc) is 2.70. The van der Waals surface area contributed by atoms with E-state index in [4.69, 9.17) is 11.6 Å². The topological polar surface area (TPSA) is 87.3 Å². The zero-order valence-electron chi connectivity index (χ0n) is 6.99. The molecular formula is C7H6ClN5O. The van der Waals surface area contributed by atoms with E-state index in [0.29, 0.717) is 17.2 Å². The van der Waals surface area contributed by atoms with E-state index in [1.807, 2.05) is 0 Å². The Morgan fingerprint density at radius 1 is 1.36 bits per heavy atom. The van der Waals surface area contributed by atoms with Crippen molar-refractivity contribution in [2.45, 2.75) is 5.88 Å². The van der Waals surface area contributed by atoms with Gasteiger partial charge in [-0.05, 0) is 0 Å². The van der Waals surface area contributed by atoms with Gasteiger partial charge in [0.1, 0.15) is 6.33 Å². The van der Waals surface area contributed by atoms with Crippen LogP contribution in [0.2, 0.25) is 0 Å². The lowest BCUT2D eigenvalue weighted by atomic mass is 10.4. The van der Waals surface area contributed by atoms with E-state index in [1.54, 1.807) is 0 Å². The quantitative estimate of drug-likeness (QED) is 0.699. The first kappa shape index (κ1) is 8.89. The molecule has 0 unspecified atom stereocenters. The number of aromatic nitrogens is 5. The standard InChI is InChI=1S/C7H6ClN5O/c8-1-4-2-9-5(12-7(4)14)6-10-3-11-13-6/h2-3H,1H2,(H,9,12,14)(H,10,11,13). The van der Waals surface area contributed by atoms with Crippen molar-refractivity contribution in [3.05, 3.63) is 28.4 Å². The van der Waals surface area contributed by atoms with Crippen molar-refractivity contribution in [2.75, 3.05) is 0 Å². The average molecular weight is 212 g/mol. The van der Waals surface area contributed by atoms with Crippen LogP contribution in [0.5, 0.6) is 0 Å². The minimum absolute atomic E-state index is 0.138. The molecular weight excluding hydrogens is 206 g/mol. The number of H-pyrrole nitrogens is 2. The molecule has 0 aromatic carbocycles. The molecule has 2 aromatic heterocycles. The number of halogens is 1. The summed E-state index contributed by atoms with van der Waals surface area (Å²) in [6, 6.07) is 0. The Morgan fingerprint density at radius 2 is 2.21 bits per heavy atom. The Bertz CT molecular complexity index is 477. The highest BCUT2D eigenvalue weighted by atomic mass is 35.5. The molecule has 0 fully saturated rings. The number of aromatic amines is 2. The third kappa shape index (κ3) is 1.51. The molecule has 0 saturated heterocycles. The lowest BCUT2D eigenvalue weighted by molar-refractivity contribution is 1.02. The number of alkyl halides is 1. The first-order valence-corrected chi connectivity index (χ1v) is 4.34. The smallest absolute Gasteiger partial charge is 0.255 e. The normalized spacial score (nSPS) is 10.4. The van der Waals surface area contributed by atoms with Gasteiger partial charge in [0.2, 0.25) is 0 Å². The van der Waals surface area contributed by atoms with Gasteiger partial charge in [-0.3, -0.25) is 9.89 Å². The van der Waals surface area contributed by atoms with E-state index in [9.17, 15) is 4.79 Å². The molecule has 72 valence electrons. The summed E-state index contributed by atoms with van der Waals surface area (Å²) in [6.45, 7) is 0. The largest absolute Gasteiger partial charge is 0.304 e. The molecule has 14 heavy (non-hydrogen) atoms. The second-order valence-electron chi connectivity index (χ2n) is 2.55. The Balaban J connectivity index is 2.48. The summed E-state index contributed by atoms with van der Waals surface area (Å²) in [5, 5.41) is 6.24. The van der Waals surface area contributed by atoms with Gasteiger partial charge in [0.05, 0.1) is 11.4 Å². The van der Waals surface area contributed by atoms with Crippen molar-refractivity contribution in [3.8, 4) is 11.6 Å². The Hall–Kier alpha value is -1.69. The predicted octanol–water partition coefficient (Wildman–Crippen LogP) is 0.294. The summed E-state index contributed by atoms with van der Waals surface area (Å²) in [5.74, 6) is 0.906. The summed E-state index contributed by atoms with van der Waals surface area (Å²) in [7, 11) is 0. The second kappa shape index (κ2) is 3.59. The summed E-state index contributed by atoms with van der Waals surface area (Å²) in [6.07, 6.45) is 2.76. The van der Waals surface area contributed by atoms with Crippen LogP contribution in [0.1, 0.15) is 5.56 Å². The van der Waals surface area contributed by atoms with Gasteiger partial charge in [0.25, 0.3) is 5.56 Å². The molecule has 0 atom stereocenters. The SMILES string of the molecule is O=c1[nH]c(-c2ncn[nH]2)ncc1CCl. The van der Waals surface area contributed by atoms with Crippen molar-refractivity contribution in [1.29, 1.82) is 0 Å². The molecule has 2 aromatic rings. The maximum atomic E-state index is 11.3. The third-order valence-electron chi connectivity index (χ3n) is 1.66. The Labute approximate surface area is 83.4 Å². The highest BCUT2D eigenvalue weighted by molar-refractivity contribution is 6.17. The highest BCUT2D eigenvalue weighted by Crippen LogP contribution is 2.04. The first-order chi connectivity index (χ1) is 6.81. The van der Waals surface area contributed by atoms with Gasteiger partial charge in [-0.1, -0.05) is 0 Å². The number of nitrogens with zero attached hydrogens (tertiary/aromatic N) is 3. The summed E-state index contributed by atoms with van der Waals surface area (Å²) in [5.41, 5.74) is 0.163. The van der Waals surface area contributed by atoms with Crippen LogP contribution in [-0.2, 0) is 5.88 Å². The lowest BCUT2D eigenvalue weighted by Crippen LogP contribution is -2.13. The number of hydrogen-bond donors (Lipinski definition) is 2. The van der Waals surface area contributed by atoms with Gasteiger partial charge in [-0.2, -0.15) is 5.10 Å². The van der Waals surface area contributed by atoms with Crippen LogP contribution in [0, 0.1) is 0 Å². The third-order valence-corrected chi connectivity index (χ3v) is 1.94. The fourth-order valence-electron chi connectivity index (χ4n) is 0.956. The first-order valence-electron chi connectivity index (χ1n) is 3.81. The van der Waals surface area contributed by atoms with Crippen molar-refractivity contribution in [1.82, 2.24) is 25.1 Å². The fraction of sp³-hybridized carbons (Fsp3) is 0.143. The summed E-state index contributed by atoms with van der Waals surface area (Å²) in [4.78, 5) is 21.7. The summed E-state index contributed by atoms with van der Waals surface area (Å²) < 4.78 is 0. The van der Waals surface area contributed by atoms with E-state index in [0.717, 1.165) is 0 Å². The maximum absolute atomic E-state index is 11.3. The molecule has 2 N–H and O–H groups in total. The van der Waals surface area contributed by atoms with Gasteiger partial charge in [0.15, 0.2) is 11.6 Å². The van der Waals surface area contributed by atoms with E-state index in [-0.39, 0.29) is 11.4 Å². The van der Waals surface area contributed by atoms with Gasteiger partial charge in [-0.15, -0.1) is 11.6 Å². The molecule has 0 bridgehead atoms. The molecule has 6 nitrogen and oxygen atoms in total. The van der Waals surface area contributed by atoms with Crippen LogP contribution in [0.25, 0.3) is 11.6 Å².